The Morgan fingerprint density at radius 3 is 2.93 bits per heavy atom. The maximum atomic E-state index is 11.4. The van der Waals surface area contributed by atoms with Crippen LogP contribution in [0.1, 0.15) is 24.8 Å². The number of para-hydroxylation sites is 1. The first-order valence-corrected chi connectivity index (χ1v) is 5.15. The molecule has 1 aliphatic rings. The van der Waals surface area contributed by atoms with Gasteiger partial charge < -0.3 is 10.1 Å². The molecular formula is C12H15NO2. The summed E-state index contributed by atoms with van der Waals surface area (Å²) in [5.74, 6) is 0.211. The van der Waals surface area contributed by atoms with Crippen molar-refractivity contribution in [2.24, 2.45) is 0 Å². The minimum atomic E-state index is -0.208. The molecule has 1 aromatic rings. The molecule has 80 valence electrons. The number of esters is 1. The van der Waals surface area contributed by atoms with Gasteiger partial charge in [0, 0.05) is 5.69 Å². The van der Waals surface area contributed by atoms with E-state index in [0.29, 0.717) is 5.92 Å². The maximum absolute atomic E-state index is 11.4. The molecule has 0 bridgehead atoms. The van der Waals surface area contributed by atoms with Crippen molar-refractivity contribution in [2.75, 3.05) is 12.4 Å². The zero-order valence-corrected chi connectivity index (χ0v) is 8.99. The summed E-state index contributed by atoms with van der Waals surface area (Å²) in [7, 11) is 1.43. The predicted octanol–water partition coefficient (Wildman–Crippen LogP) is 2.15. The summed E-state index contributed by atoms with van der Waals surface area (Å²) in [4.78, 5) is 11.4. The fourth-order valence-corrected chi connectivity index (χ4v) is 2.08. The van der Waals surface area contributed by atoms with Crippen LogP contribution >= 0.6 is 0 Å². The van der Waals surface area contributed by atoms with Crippen LogP contribution in [0.3, 0.4) is 0 Å². The third kappa shape index (κ3) is 1.82. The van der Waals surface area contributed by atoms with Gasteiger partial charge in [-0.1, -0.05) is 25.1 Å². The number of methoxy groups -OCH3 is 1. The lowest BCUT2D eigenvalue weighted by molar-refractivity contribution is -0.141. The largest absolute Gasteiger partial charge is 0.467 e. The summed E-state index contributed by atoms with van der Waals surface area (Å²) in [5.41, 5.74) is 2.32. The molecule has 0 saturated carbocycles. The van der Waals surface area contributed by atoms with Crippen LogP contribution in [0, 0.1) is 0 Å². The van der Waals surface area contributed by atoms with E-state index < -0.39 is 0 Å². The van der Waals surface area contributed by atoms with E-state index in [0.717, 1.165) is 12.1 Å². The van der Waals surface area contributed by atoms with Gasteiger partial charge in [-0.05, 0) is 24.0 Å². The number of carbonyl (C=O) groups is 1. The highest BCUT2D eigenvalue weighted by atomic mass is 16.5. The molecule has 3 heteroatoms. The monoisotopic (exact) mass is 205 g/mol. The van der Waals surface area contributed by atoms with Crippen LogP contribution in [0.15, 0.2) is 24.3 Å². The van der Waals surface area contributed by atoms with Crippen molar-refractivity contribution in [3.63, 3.8) is 0 Å². The van der Waals surface area contributed by atoms with E-state index in [-0.39, 0.29) is 12.0 Å². The number of carbonyl (C=O) groups excluding carboxylic acids is 1. The standard InChI is InChI=1S/C12H15NO2/c1-8-7-11(12(14)15-2)13-10-6-4-3-5-9(8)10/h3-6,8,11,13H,7H2,1-2H3/t8-,11-/m0/s1. The highest BCUT2D eigenvalue weighted by Crippen LogP contribution is 2.33. The van der Waals surface area contributed by atoms with Gasteiger partial charge in [-0.15, -0.1) is 0 Å². The van der Waals surface area contributed by atoms with E-state index in [1.54, 1.807) is 0 Å². The molecule has 3 nitrogen and oxygen atoms in total. The zero-order chi connectivity index (χ0) is 10.8. The smallest absolute Gasteiger partial charge is 0.328 e. The average Bonchev–Trinajstić information content (AvgIpc) is 2.28. The van der Waals surface area contributed by atoms with Crippen molar-refractivity contribution in [2.45, 2.75) is 25.3 Å². The van der Waals surface area contributed by atoms with Gasteiger partial charge in [0.1, 0.15) is 6.04 Å². The number of anilines is 1. The summed E-state index contributed by atoms with van der Waals surface area (Å²) in [6.45, 7) is 2.13. The van der Waals surface area contributed by atoms with Crippen molar-refractivity contribution in [3.05, 3.63) is 29.8 Å². The maximum Gasteiger partial charge on any atom is 0.328 e. The number of rotatable bonds is 1. The van der Waals surface area contributed by atoms with Gasteiger partial charge in [0.05, 0.1) is 7.11 Å². The zero-order valence-electron chi connectivity index (χ0n) is 8.99. The minimum absolute atomic E-state index is 0.184. The van der Waals surface area contributed by atoms with Gasteiger partial charge in [0.2, 0.25) is 0 Å². The van der Waals surface area contributed by atoms with E-state index in [4.69, 9.17) is 4.74 Å². The Morgan fingerprint density at radius 1 is 1.47 bits per heavy atom. The second-order valence-electron chi connectivity index (χ2n) is 3.94. The fraction of sp³-hybridized carbons (Fsp3) is 0.417. The molecule has 0 aromatic heterocycles. The molecule has 0 amide bonds. The molecule has 0 spiro atoms. The second kappa shape index (κ2) is 3.93. The van der Waals surface area contributed by atoms with Crippen LogP contribution < -0.4 is 5.32 Å². The van der Waals surface area contributed by atoms with Crippen LogP contribution in [0.2, 0.25) is 0 Å². The number of hydrogen-bond acceptors (Lipinski definition) is 3. The van der Waals surface area contributed by atoms with Crippen molar-refractivity contribution in [1.82, 2.24) is 0 Å². The summed E-state index contributed by atoms with van der Waals surface area (Å²) in [6.07, 6.45) is 0.795. The highest BCUT2D eigenvalue weighted by molar-refractivity contribution is 5.80. The number of nitrogens with one attached hydrogen (secondary N) is 1. The Morgan fingerprint density at radius 2 is 2.20 bits per heavy atom. The molecule has 1 aliphatic heterocycles. The van der Waals surface area contributed by atoms with Gasteiger partial charge in [-0.2, -0.15) is 0 Å². The van der Waals surface area contributed by atoms with Crippen molar-refractivity contribution >= 4 is 11.7 Å². The Balaban J connectivity index is 2.26. The van der Waals surface area contributed by atoms with Crippen molar-refractivity contribution < 1.29 is 9.53 Å². The van der Waals surface area contributed by atoms with Crippen LogP contribution in [0.5, 0.6) is 0 Å². The molecule has 0 saturated heterocycles. The van der Waals surface area contributed by atoms with Crippen molar-refractivity contribution in [3.8, 4) is 0 Å². The Hall–Kier alpha value is -1.51. The SMILES string of the molecule is COC(=O)[C@@H]1C[C@H](C)c2ccccc2N1. The molecule has 2 rings (SSSR count). The molecule has 0 radical (unpaired) electrons. The predicted molar refractivity (Wildman–Crippen MR) is 58.9 cm³/mol. The Bertz CT molecular complexity index is 376. The van der Waals surface area contributed by atoms with Gasteiger partial charge in [0.25, 0.3) is 0 Å². The van der Waals surface area contributed by atoms with E-state index >= 15 is 0 Å². The topological polar surface area (TPSA) is 38.3 Å². The summed E-state index contributed by atoms with van der Waals surface area (Å²) < 4.78 is 4.75. The van der Waals surface area contributed by atoms with Crippen molar-refractivity contribution in [1.29, 1.82) is 0 Å². The van der Waals surface area contributed by atoms with E-state index in [1.165, 1.54) is 12.7 Å². The average molecular weight is 205 g/mol. The lowest BCUT2D eigenvalue weighted by Gasteiger charge is -2.29. The molecule has 0 aliphatic carbocycles. The Labute approximate surface area is 89.4 Å². The second-order valence-corrected chi connectivity index (χ2v) is 3.94. The van der Waals surface area contributed by atoms with E-state index in [1.807, 2.05) is 18.2 Å². The van der Waals surface area contributed by atoms with Crippen LogP contribution in [-0.4, -0.2) is 19.1 Å². The van der Waals surface area contributed by atoms with Gasteiger partial charge in [-0.3, -0.25) is 0 Å². The normalized spacial score (nSPS) is 23.9. The molecule has 0 fully saturated rings. The molecule has 0 unspecified atom stereocenters. The molecular weight excluding hydrogens is 190 g/mol. The van der Waals surface area contributed by atoms with Crippen LogP contribution in [0.25, 0.3) is 0 Å². The summed E-state index contributed by atoms with van der Waals surface area (Å²) in [6, 6.07) is 7.88. The number of benzene rings is 1. The highest BCUT2D eigenvalue weighted by Gasteiger charge is 2.28. The molecule has 1 aromatic carbocycles. The van der Waals surface area contributed by atoms with Gasteiger partial charge in [0.15, 0.2) is 0 Å². The number of hydrogen-bond donors (Lipinski definition) is 1. The number of fused-ring (bicyclic) bond motifs is 1. The third-order valence-electron chi connectivity index (χ3n) is 2.90. The summed E-state index contributed by atoms with van der Waals surface area (Å²) >= 11 is 0. The van der Waals surface area contributed by atoms with E-state index in [9.17, 15) is 4.79 Å². The lowest BCUT2D eigenvalue weighted by atomic mass is 9.88. The summed E-state index contributed by atoms with van der Waals surface area (Å²) in [5, 5.41) is 3.20. The van der Waals surface area contributed by atoms with Gasteiger partial charge >= 0.3 is 5.97 Å². The van der Waals surface area contributed by atoms with Crippen LogP contribution in [-0.2, 0) is 9.53 Å². The quantitative estimate of drug-likeness (QED) is 0.714. The molecule has 1 heterocycles. The lowest BCUT2D eigenvalue weighted by Crippen LogP contribution is -2.35. The first-order valence-electron chi connectivity index (χ1n) is 5.15. The molecule has 2 atom stereocenters. The first kappa shape index (κ1) is 10.0. The fourth-order valence-electron chi connectivity index (χ4n) is 2.08. The molecule has 15 heavy (non-hydrogen) atoms. The van der Waals surface area contributed by atoms with Crippen LogP contribution in [0.4, 0.5) is 5.69 Å². The molecule has 1 N–H and O–H groups in total. The number of ether oxygens (including phenoxy) is 1. The Kier molecular flexibility index (Phi) is 2.62. The van der Waals surface area contributed by atoms with Gasteiger partial charge in [-0.25, -0.2) is 4.79 Å². The third-order valence-corrected chi connectivity index (χ3v) is 2.90. The van der Waals surface area contributed by atoms with E-state index in [2.05, 4.69) is 18.3 Å². The minimum Gasteiger partial charge on any atom is -0.467 e. The first-order chi connectivity index (χ1) is 7.22.